The number of hydrogen-bond acceptors (Lipinski definition) is 0. The monoisotopic (exact) mass is 517 g/mol. The zero-order valence-electron chi connectivity index (χ0n) is 1.93. The summed E-state index contributed by atoms with van der Waals surface area (Å²) in [7, 11) is 0. The molecule has 0 amide bonds. The first-order chi connectivity index (χ1) is 0. The molecule has 0 spiro atoms. The van der Waals surface area contributed by atoms with Crippen molar-refractivity contribution < 1.29 is 22.4 Å². The molecule has 5 heteroatoms. The zero-order chi connectivity index (χ0) is 0. The van der Waals surface area contributed by atoms with Gasteiger partial charge < -0.3 is 0 Å². The fourth-order valence-electron chi connectivity index (χ4n) is 0. The summed E-state index contributed by atoms with van der Waals surface area (Å²) in [4.78, 5) is 0. The van der Waals surface area contributed by atoms with Gasteiger partial charge in [-0.1, -0.05) is 0 Å². The van der Waals surface area contributed by atoms with Crippen molar-refractivity contribution in [3.05, 3.63) is 0 Å². The van der Waals surface area contributed by atoms with Crippen LogP contribution in [0, 0.1) is 0 Å². The first-order valence-corrected chi connectivity index (χ1v) is 0. The van der Waals surface area contributed by atoms with Crippen LogP contribution in [0.5, 0.6) is 0 Å². The van der Waals surface area contributed by atoms with Crippen molar-refractivity contribution in [3.8, 4) is 0 Å². The average molecular weight is 521 g/mol. The Morgan fingerprint density at radius 2 is 0.400 bits per heavy atom. The number of halogens is 4. The van der Waals surface area contributed by atoms with E-state index in [0.29, 0.717) is 0 Å². The molecule has 1 radical (unpaired) electrons. The largest absolute Gasteiger partial charge is 0.114 e. The van der Waals surface area contributed by atoms with Crippen LogP contribution in [0.25, 0.3) is 0 Å². The van der Waals surface area contributed by atoms with Crippen molar-refractivity contribution in [2.45, 2.75) is 0 Å². The Morgan fingerprint density at radius 1 is 0.400 bits per heavy atom. The topological polar surface area (TPSA) is 0 Å². The second-order valence-corrected chi connectivity index (χ2v) is 0. The summed E-state index contributed by atoms with van der Waals surface area (Å²) in [6, 6.07) is 0. The molecule has 0 aliphatic heterocycles. The van der Waals surface area contributed by atoms with Gasteiger partial charge in [0.15, 0.2) is 0 Å². The van der Waals surface area contributed by atoms with Crippen LogP contribution in [0.1, 0.15) is 0 Å². The van der Waals surface area contributed by atoms with E-state index in [9.17, 15) is 0 Å². The molecule has 0 rings (SSSR count). The van der Waals surface area contributed by atoms with E-state index in [1.807, 2.05) is 0 Å². The Balaban J connectivity index is 0. The summed E-state index contributed by atoms with van der Waals surface area (Å²) < 4.78 is 0. The molecule has 0 saturated carbocycles. The second-order valence-electron chi connectivity index (χ2n) is 0. The maximum Gasteiger partial charge on any atom is 0 e. The molecule has 0 aromatic carbocycles. The van der Waals surface area contributed by atoms with E-state index < -0.39 is 0 Å². The van der Waals surface area contributed by atoms with E-state index in [1.165, 1.54) is 0 Å². The fourth-order valence-corrected chi connectivity index (χ4v) is 0. The fraction of sp³-hybridized carbons (Fsp3) is 0. The minimum atomic E-state index is 0. The quantitative estimate of drug-likeness (QED) is 0.431. The first kappa shape index (κ1) is 48.0. The van der Waals surface area contributed by atoms with Gasteiger partial charge in [0.05, 0.1) is 0 Å². The van der Waals surface area contributed by atoms with Crippen LogP contribution in [-0.2, 0) is 22.4 Å². The van der Waals surface area contributed by atoms with Crippen LogP contribution in [0.2, 0.25) is 0 Å². The van der Waals surface area contributed by atoms with E-state index in [4.69, 9.17) is 0 Å². The molecule has 0 fully saturated rings. The summed E-state index contributed by atoms with van der Waals surface area (Å²) in [5.74, 6) is 0. The molecule has 0 saturated heterocycles. The maximum absolute atomic E-state index is 0. The third kappa shape index (κ3) is 20.4. The molecule has 0 heterocycles. The Labute approximate surface area is 89.1 Å². The predicted octanol–water partition coefficient (Wildman–Crippen LogP) is 2.31. The molecular formula is H4AuBr4. The summed E-state index contributed by atoms with van der Waals surface area (Å²) in [6.45, 7) is 0. The van der Waals surface area contributed by atoms with E-state index in [-0.39, 0.29) is 90.3 Å². The second kappa shape index (κ2) is 30.2. The normalized spacial score (nSPS) is 0. The van der Waals surface area contributed by atoms with E-state index in [0.717, 1.165) is 0 Å². The predicted molar refractivity (Wildman–Crippen MR) is 41.3 cm³/mol. The molecule has 0 N–H and O–H groups in total. The van der Waals surface area contributed by atoms with Crippen LogP contribution >= 0.6 is 67.9 Å². The third-order valence-electron chi connectivity index (χ3n) is 0. The van der Waals surface area contributed by atoms with Crippen molar-refractivity contribution in [1.29, 1.82) is 0 Å². The molecular weight excluding hydrogens is 517 g/mol. The zero-order valence-corrected chi connectivity index (χ0v) is 11.0. The Kier molecular flexibility index (Phi) is 290. The molecule has 0 unspecified atom stereocenters. The molecule has 0 aliphatic rings. The van der Waals surface area contributed by atoms with Gasteiger partial charge in [-0.3, -0.25) is 0 Å². The summed E-state index contributed by atoms with van der Waals surface area (Å²) in [6.07, 6.45) is 0. The van der Waals surface area contributed by atoms with Crippen LogP contribution < -0.4 is 0 Å². The molecule has 0 aromatic rings. The average Bonchev–Trinajstić information content (AvgIpc) is 0. The molecule has 5 heavy (non-hydrogen) atoms. The molecule has 0 aromatic heterocycles. The number of rotatable bonds is 0. The standard InChI is InChI=1S/Au.4BrH/h;4*1H. The summed E-state index contributed by atoms with van der Waals surface area (Å²) in [5, 5.41) is 0. The maximum atomic E-state index is 0. The van der Waals surface area contributed by atoms with Crippen LogP contribution in [0.4, 0.5) is 0 Å². The number of hydrogen-bond donors (Lipinski definition) is 0. The summed E-state index contributed by atoms with van der Waals surface area (Å²) in [5.41, 5.74) is 0. The van der Waals surface area contributed by atoms with Crippen LogP contribution in [0.3, 0.4) is 0 Å². The molecule has 0 nitrogen and oxygen atoms in total. The van der Waals surface area contributed by atoms with Crippen molar-refractivity contribution in [2.24, 2.45) is 0 Å². The van der Waals surface area contributed by atoms with Crippen molar-refractivity contribution in [2.75, 3.05) is 0 Å². The Bertz CT molecular complexity index is 3.61. The molecule has 0 bridgehead atoms. The smallest absolute Gasteiger partial charge is 0 e. The minimum Gasteiger partial charge on any atom is -0.114 e. The Morgan fingerprint density at radius 3 is 0.400 bits per heavy atom. The van der Waals surface area contributed by atoms with Gasteiger partial charge in [0.1, 0.15) is 0 Å². The van der Waals surface area contributed by atoms with E-state index in [2.05, 4.69) is 0 Å². The molecule has 0 aliphatic carbocycles. The van der Waals surface area contributed by atoms with Gasteiger partial charge in [-0.2, -0.15) is 0 Å². The van der Waals surface area contributed by atoms with Crippen molar-refractivity contribution in [3.63, 3.8) is 0 Å². The SMILES string of the molecule is Br.Br.Br.Br.[Au]. The van der Waals surface area contributed by atoms with Crippen LogP contribution in [-0.4, -0.2) is 0 Å². The molecule has 0 atom stereocenters. The van der Waals surface area contributed by atoms with Gasteiger partial charge in [-0.15, -0.1) is 67.9 Å². The van der Waals surface area contributed by atoms with Gasteiger partial charge in [0.2, 0.25) is 0 Å². The van der Waals surface area contributed by atoms with Gasteiger partial charge >= 0.3 is 0 Å². The third-order valence-corrected chi connectivity index (χ3v) is 0. The van der Waals surface area contributed by atoms with Crippen LogP contribution in [0.15, 0.2) is 0 Å². The minimum absolute atomic E-state index is 0. The van der Waals surface area contributed by atoms with Gasteiger partial charge in [0, 0.05) is 22.4 Å². The van der Waals surface area contributed by atoms with Gasteiger partial charge in [-0.25, -0.2) is 0 Å². The van der Waals surface area contributed by atoms with Crippen molar-refractivity contribution in [1.82, 2.24) is 0 Å². The van der Waals surface area contributed by atoms with Gasteiger partial charge in [0.25, 0.3) is 0 Å². The van der Waals surface area contributed by atoms with E-state index in [1.54, 1.807) is 0 Å². The Hall–Kier alpha value is 2.66. The summed E-state index contributed by atoms with van der Waals surface area (Å²) >= 11 is 0. The van der Waals surface area contributed by atoms with Crippen molar-refractivity contribution >= 4 is 67.9 Å². The van der Waals surface area contributed by atoms with E-state index >= 15 is 0 Å². The van der Waals surface area contributed by atoms with Gasteiger partial charge in [-0.05, 0) is 0 Å². The first-order valence-electron chi connectivity index (χ1n) is 0. The molecule has 43 valence electrons.